The fourth-order valence-corrected chi connectivity index (χ4v) is 11.8. The van der Waals surface area contributed by atoms with E-state index in [0.717, 1.165) is 114 Å². The van der Waals surface area contributed by atoms with Crippen molar-refractivity contribution in [1.82, 2.24) is 0 Å². The van der Waals surface area contributed by atoms with Crippen molar-refractivity contribution in [3.05, 3.63) is 0 Å². The fraction of sp³-hybridized carbons (Fsp3) is 0.942. The maximum atomic E-state index is 13.0. The molecule has 7 atom stereocenters. The van der Waals surface area contributed by atoms with Crippen LogP contribution in [0.2, 0.25) is 0 Å². The standard InChI is InChI=1S/C69H134O17P2/c1-9-61(7)47-39-31-24-27-34-42-50-67(72)80-56-65(86-69(74)52-44-36-28-25-32-40-48-62(8)10-2)58-84-88(77,78)82-54-63(70)53-81-87(75,76)83-57-64(85-68(73)51-43-35-26-23-30-38-46-60(5)6)55-79-66(71)49-41-33-22-20-18-16-14-12-11-13-15-17-19-21-29-37-45-59(3)4/h59-65,70H,9-58H2,1-8H3,(H,75,76)(H,77,78)/t61?,62?,63-,64-,65-/m1/s1. The second-order valence-electron chi connectivity index (χ2n) is 26.4. The number of esters is 4. The number of carbonyl (C=O) groups is 4. The molecule has 0 saturated carbocycles. The molecule has 0 radical (unpaired) electrons. The first kappa shape index (κ1) is 86.1. The van der Waals surface area contributed by atoms with Crippen LogP contribution in [-0.2, 0) is 65.4 Å². The van der Waals surface area contributed by atoms with Crippen molar-refractivity contribution in [2.24, 2.45) is 23.7 Å². The average Bonchev–Trinajstić information content (AvgIpc) is 3.56. The van der Waals surface area contributed by atoms with E-state index in [2.05, 4.69) is 55.4 Å². The molecule has 3 N–H and O–H groups in total. The summed E-state index contributed by atoms with van der Waals surface area (Å²) in [7, 11) is -9.90. The van der Waals surface area contributed by atoms with Gasteiger partial charge in [0.2, 0.25) is 0 Å². The highest BCUT2D eigenvalue weighted by Gasteiger charge is 2.30. The van der Waals surface area contributed by atoms with E-state index < -0.39 is 97.5 Å². The lowest BCUT2D eigenvalue weighted by Crippen LogP contribution is -2.30. The Hall–Kier alpha value is -1.94. The molecule has 88 heavy (non-hydrogen) atoms. The largest absolute Gasteiger partial charge is 0.472 e. The van der Waals surface area contributed by atoms with Gasteiger partial charge in [0.15, 0.2) is 12.2 Å². The summed E-state index contributed by atoms with van der Waals surface area (Å²) in [6.45, 7) is 14.0. The Morgan fingerprint density at radius 3 is 0.807 bits per heavy atom. The molecule has 0 aliphatic carbocycles. The van der Waals surface area contributed by atoms with Gasteiger partial charge in [-0.2, -0.15) is 0 Å². The van der Waals surface area contributed by atoms with Gasteiger partial charge < -0.3 is 33.8 Å². The van der Waals surface area contributed by atoms with E-state index in [9.17, 15) is 43.2 Å². The molecular formula is C69H134O17P2. The third-order valence-corrected chi connectivity index (χ3v) is 18.4. The summed E-state index contributed by atoms with van der Waals surface area (Å²) in [4.78, 5) is 72.4. The van der Waals surface area contributed by atoms with Crippen molar-refractivity contribution in [2.45, 2.75) is 356 Å². The number of phosphoric acid groups is 2. The number of aliphatic hydroxyl groups is 1. The SMILES string of the molecule is CCC(C)CCCCCCCCC(=O)OC[C@H](COP(=O)(O)OC[C@H](O)COP(=O)(O)OC[C@@H](COC(=O)CCCCCCCCCCCCCCCCCCC(C)C)OC(=O)CCCCCCCCC(C)C)OC(=O)CCCCCCCCC(C)CC. The van der Waals surface area contributed by atoms with Crippen molar-refractivity contribution in [3.8, 4) is 0 Å². The average molecular weight is 1300 g/mol. The maximum Gasteiger partial charge on any atom is 0.472 e. The highest BCUT2D eigenvalue weighted by atomic mass is 31.2. The van der Waals surface area contributed by atoms with Crippen LogP contribution in [0.3, 0.4) is 0 Å². The zero-order valence-corrected chi connectivity index (χ0v) is 59.1. The quantitative estimate of drug-likeness (QED) is 0.0222. The molecule has 0 aromatic heterocycles. The molecule has 0 heterocycles. The van der Waals surface area contributed by atoms with Gasteiger partial charge in [0, 0.05) is 25.7 Å². The summed E-state index contributed by atoms with van der Waals surface area (Å²) in [5, 5.41) is 10.6. The van der Waals surface area contributed by atoms with Crippen LogP contribution < -0.4 is 0 Å². The lowest BCUT2D eigenvalue weighted by molar-refractivity contribution is -0.161. The highest BCUT2D eigenvalue weighted by molar-refractivity contribution is 7.47. The summed E-state index contributed by atoms with van der Waals surface area (Å²) in [5.41, 5.74) is 0. The fourth-order valence-electron chi connectivity index (χ4n) is 10.2. The summed E-state index contributed by atoms with van der Waals surface area (Å²) < 4.78 is 68.1. The van der Waals surface area contributed by atoms with Gasteiger partial charge in [0.1, 0.15) is 19.3 Å². The molecule has 0 rings (SSSR count). The van der Waals surface area contributed by atoms with Gasteiger partial charge in [-0.25, -0.2) is 9.13 Å². The number of ether oxygens (including phenoxy) is 4. The molecule has 0 amide bonds. The van der Waals surface area contributed by atoms with Gasteiger partial charge in [0.25, 0.3) is 0 Å². The van der Waals surface area contributed by atoms with E-state index in [-0.39, 0.29) is 25.7 Å². The van der Waals surface area contributed by atoms with Gasteiger partial charge in [-0.3, -0.25) is 37.3 Å². The number of carbonyl (C=O) groups excluding carboxylic acids is 4. The van der Waals surface area contributed by atoms with Gasteiger partial charge in [-0.05, 0) is 49.4 Å². The molecule has 0 spiro atoms. The van der Waals surface area contributed by atoms with Crippen LogP contribution in [0.4, 0.5) is 0 Å². The molecule has 0 aliphatic rings. The molecule has 19 heteroatoms. The van der Waals surface area contributed by atoms with E-state index in [4.69, 9.17) is 37.0 Å². The predicted molar refractivity (Wildman–Crippen MR) is 354 cm³/mol. The Morgan fingerprint density at radius 2 is 0.545 bits per heavy atom. The van der Waals surface area contributed by atoms with Gasteiger partial charge in [0.05, 0.1) is 26.4 Å². The minimum Gasteiger partial charge on any atom is -0.462 e. The van der Waals surface area contributed by atoms with Gasteiger partial charge >= 0.3 is 39.5 Å². The van der Waals surface area contributed by atoms with E-state index in [1.165, 1.54) is 135 Å². The molecule has 0 saturated heterocycles. The lowest BCUT2D eigenvalue weighted by atomic mass is 10.00. The predicted octanol–water partition coefficient (Wildman–Crippen LogP) is 19.3. The third kappa shape index (κ3) is 60.3. The second-order valence-corrected chi connectivity index (χ2v) is 29.3. The Labute approximate surface area is 537 Å². The topological polar surface area (TPSA) is 237 Å². The van der Waals surface area contributed by atoms with Crippen molar-refractivity contribution in [3.63, 3.8) is 0 Å². The summed E-state index contributed by atoms with van der Waals surface area (Å²) in [6.07, 6.45) is 40.7. The number of rotatable bonds is 66. The van der Waals surface area contributed by atoms with E-state index >= 15 is 0 Å². The van der Waals surface area contributed by atoms with Crippen molar-refractivity contribution in [1.29, 1.82) is 0 Å². The van der Waals surface area contributed by atoms with E-state index in [1.54, 1.807) is 0 Å². The second kappa shape index (κ2) is 58.8. The number of aliphatic hydroxyl groups excluding tert-OH is 1. The Morgan fingerprint density at radius 1 is 0.318 bits per heavy atom. The first-order chi connectivity index (χ1) is 42.2. The molecule has 0 aromatic carbocycles. The molecule has 17 nitrogen and oxygen atoms in total. The van der Waals surface area contributed by atoms with Crippen molar-refractivity contribution in [2.75, 3.05) is 39.6 Å². The Kier molecular flexibility index (Phi) is 57.6. The third-order valence-electron chi connectivity index (χ3n) is 16.5. The Bertz CT molecular complexity index is 1750. The molecule has 4 unspecified atom stereocenters. The van der Waals surface area contributed by atoms with Crippen LogP contribution >= 0.6 is 15.6 Å². The summed E-state index contributed by atoms with van der Waals surface area (Å²) >= 11 is 0. The molecule has 0 bridgehead atoms. The van der Waals surface area contributed by atoms with Crippen molar-refractivity contribution < 1.29 is 80.2 Å². The highest BCUT2D eigenvalue weighted by Crippen LogP contribution is 2.45. The molecule has 0 aromatic rings. The molecule has 522 valence electrons. The minimum atomic E-state index is -4.95. The normalized spacial score (nSPS) is 14.9. The zero-order valence-electron chi connectivity index (χ0n) is 57.3. The lowest BCUT2D eigenvalue weighted by Gasteiger charge is -2.21. The summed E-state index contributed by atoms with van der Waals surface area (Å²) in [6, 6.07) is 0. The molecule has 0 aliphatic heterocycles. The maximum absolute atomic E-state index is 13.0. The van der Waals surface area contributed by atoms with Crippen LogP contribution in [0.15, 0.2) is 0 Å². The first-order valence-electron chi connectivity index (χ1n) is 35.8. The number of phosphoric ester groups is 2. The van der Waals surface area contributed by atoms with Crippen LogP contribution in [0.1, 0.15) is 338 Å². The zero-order chi connectivity index (χ0) is 65.4. The summed E-state index contributed by atoms with van der Waals surface area (Å²) in [5.74, 6) is 0.793. The smallest absolute Gasteiger partial charge is 0.462 e. The molecular weight excluding hydrogens is 1160 g/mol. The van der Waals surface area contributed by atoms with Gasteiger partial charge in [-0.15, -0.1) is 0 Å². The van der Waals surface area contributed by atoms with Crippen molar-refractivity contribution >= 4 is 39.5 Å². The minimum absolute atomic E-state index is 0.101. The number of unbranched alkanes of at least 4 members (excludes halogenated alkanes) is 30. The monoisotopic (exact) mass is 1300 g/mol. The van der Waals surface area contributed by atoms with E-state index in [1.807, 2.05) is 0 Å². The van der Waals surface area contributed by atoms with Crippen LogP contribution in [0.25, 0.3) is 0 Å². The van der Waals surface area contributed by atoms with Crippen LogP contribution in [0.5, 0.6) is 0 Å². The first-order valence-corrected chi connectivity index (χ1v) is 38.8. The van der Waals surface area contributed by atoms with Crippen LogP contribution in [-0.4, -0.2) is 96.7 Å². The number of hydrogen-bond acceptors (Lipinski definition) is 15. The van der Waals surface area contributed by atoms with Gasteiger partial charge in [-0.1, -0.05) is 287 Å². The number of hydrogen-bond donors (Lipinski definition) is 3. The Balaban J connectivity index is 5.15. The van der Waals surface area contributed by atoms with Crippen LogP contribution in [0, 0.1) is 23.7 Å². The molecule has 0 fully saturated rings. The van der Waals surface area contributed by atoms with E-state index in [0.29, 0.717) is 31.6 Å².